The molecule has 19 heavy (non-hydrogen) atoms. The number of benzene rings is 1. The van der Waals surface area contributed by atoms with Gasteiger partial charge in [-0.05, 0) is 35.0 Å². The fourth-order valence-corrected chi connectivity index (χ4v) is 2.88. The molecule has 0 amide bonds. The number of carboxylic acids is 1. The van der Waals surface area contributed by atoms with Crippen LogP contribution in [0.2, 0.25) is 0 Å². The number of rotatable bonds is 5. The third-order valence-electron chi connectivity index (χ3n) is 2.62. The second-order valence-electron chi connectivity index (χ2n) is 3.88. The Morgan fingerprint density at radius 3 is 2.95 bits per heavy atom. The molecule has 1 N–H and O–H groups in total. The topological polar surface area (TPSA) is 59.4 Å². The first-order chi connectivity index (χ1) is 9.09. The fraction of sp³-hybridized carbons (Fsp3) is 0.231. The molecule has 0 radical (unpaired) electrons. The zero-order valence-electron chi connectivity index (χ0n) is 10.2. The molecule has 0 bridgehead atoms. The maximum Gasteiger partial charge on any atom is 0.339 e. The van der Waals surface area contributed by atoms with Gasteiger partial charge in [-0.2, -0.15) is 0 Å². The van der Waals surface area contributed by atoms with E-state index in [-0.39, 0.29) is 5.56 Å². The molecule has 0 fully saturated rings. The summed E-state index contributed by atoms with van der Waals surface area (Å²) in [6, 6.07) is 4.97. The molecule has 4 nitrogen and oxygen atoms in total. The molecule has 0 saturated carbocycles. The summed E-state index contributed by atoms with van der Waals surface area (Å²) in [5.74, 6) is -0.623. The predicted octanol–water partition coefficient (Wildman–Crippen LogP) is 3.53. The molecule has 0 saturated heterocycles. The maximum absolute atomic E-state index is 11.1. The fourth-order valence-electron chi connectivity index (χ4n) is 1.64. The maximum atomic E-state index is 11.1. The van der Waals surface area contributed by atoms with Gasteiger partial charge in [0.05, 0.1) is 22.3 Å². The van der Waals surface area contributed by atoms with Gasteiger partial charge in [0, 0.05) is 11.3 Å². The van der Waals surface area contributed by atoms with Gasteiger partial charge in [-0.15, -0.1) is 11.3 Å². The van der Waals surface area contributed by atoms with Crippen LogP contribution in [0.1, 0.15) is 20.9 Å². The molecule has 1 heterocycles. The van der Waals surface area contributed by atoms with Crippen LogP contribution in [0.5, 0.6) is 5.75 Å². The monoisotopic (exact) mass is 341 g/mol. The predicted molar refractivity (Wildman–Crippen MR) is 77.2 cm³/mol. The minimum Gasteiger partial charge on any atom is -0.491 e. The molecule has 0 unspecified atom stereocenters. The lowest BCUT2D eigenvalue weighted by atomic mass is 10.2. The summed E-state index contributed by atoms with van der Waals surface area (Å²) < 4.78 is 6.26. The third-order valence-corrected chi connectivity index (χ3v) is 4.24. The summed E-state index contributed by atoms with van der Waals surface area (Å²) in [5.41, 5.74) is 2.96. The Hall–Kier alpha value is -1.40. The number of carboxylic acid groups (broad SMARTS) is 1. The Kier molecular flexibility index (Phi) is 4.55. The number of thiazole rings is 1. The van der Waals surface area contributed by atoms with Gasteiger partial charge in [0.2, 0.25) is 0 Å². The average Bonchev–Trinajstić information content (AvgIpc) is 2.77. The van der Waals surface area contributed by atoms with E-state index in [1.807, 2.05) is 6.92 Å². The molecule has 1 aromatic carbocycles. The minimum absolute atomic E-state index is 0.162. The van der Waals surface area contributed by atoms with Crippen molar-refractivity contribution in [2.45, 2.75) is 13.3 Å². The van der Waals surface area contributed by atoms with E-state index in [9.17, 15) is 4.79 Å². The van der Waals surface area contributed by atoms with Crippen LogP contribution in [-0.4, -0.2) is 22.7 Å². The van der Waals surface area contributed by atoms with Crippen LogP contribution in [-0.2, 0) is 6.42 Å². The summed E-state index contributed by atoms with van der Waals surface area (Å²) in [5, 5.41) is 9.11. The number of carbonyl (C=O) groups is 1. The lowest BCUT2D eigenvalue weighted by Crippen LogP contribution is -2.07. The molecule has 0 atom stereocenters. The number of ether oxygens (including phenoxy) is 1. The van der Waals surface area contributed by atoms with Gasteiger partial charge in [-0.1, -0.05) is 6.07 Å². The number of aromatic nitrogens is 1. The molecular weight excluding hydrogens is 330 g/mol. The third kappa shape index (κ3) is 3.33. The van der Waals surface area contributed by atoms with Crippen molar-refractivity contribution in [3.05, 3.63) is 44.3 Å². The van der Waals surface area contributed by atoms with E-state index < -0.39 is 5.97 Å². The molecule has 2 rings (SSSR count). The molecule has 0 spiro atoms. The van der Waals surface area contributed by atoms with Crippen LogP contribution in [0.25, 0.3) is 0 Å². The van der Waals surface area contributed by atoms with E-state index in [1.54, 1.807) is 29.0 Å². The van der Waals surface area contributed by atoms with Crippen molar-refractivity contribution in [2.75, 3.05) is 6.61 Å². The van der Waals surface area contributed by atoms with Crippen molar-refractivity contribution in [2.24, 2.45) is 0 Å². The van der Waals surface area contributed by atoms with E-state index in [4.69, 9.17) is 9.84 Å². The lowest BCUT2D eigenvalue weighted by Gasteiger charge is -2.10. The largest absolute Gasteiger partial charge is 0.491 e. The van der Waals surface area contributed by atoms with Gasteiger partial charge < -0.3 is 9.84 Å². The van der Waals surface area contributed by atoms with Crippen molar-refractivity contribution in [3.63, 3.8) is 0 Å². The zero-order chi connectivity index (χ0) is 13.8. The number of aromatic carboxylic acids is 1. The standard InChI is InChI=1S/C13H12BrNO3S/c1-8-11(19-7-15-8)5-6-18-12-9(13(16)17)3-2-4-10(12)14/h2-4,7H,5-6H2,1H3,(H,16,17). The van der Waals surface area contributed by atoms with Crippen molar-refractivity contribution in [3.8, 4) is 5.75 Å². The smallest absolute Gasteiger partial charge is 0.339 e. The van der Waals surface area contributed by atoms with E-state index in [1.165, 1.54) is 6.07 Å². The van der Waals surface area contributed by atoms with Gasteiger partial charge in [0.25, 0.3) is 0 Å². The van der Waals surface area contributed by atoms with E-state index in [0.29, 0.717) is 16.8 Å². The number of hydrogen-bond donors (Lipinski definition) is 1. The number of hydrogen-bond acceptors (Lipinski definition) is 4. The van der Waals surface area contributed by atoms with Crippen LogP contribution in [0.4, 0.5) is 0 Å². The minimum atomic E-state index is -0.995. The van der Waals surface area contributed by atoms with Gasteiger partial charge >= 0.3 is 5.97 Å². The highest BCUT2D eigenvalue weighted by Crippen LogP contribution is 2.29. The zero-order valence-corrected chi connectivity index (χ0v) is 12.6. The average molecular weight is 342 g/mol. The van der Waals surface area contributed by atoms with Crippen LogP contribution in [0.3, 0.4) is 0 Å². The molecule has 0 aliphatic carbocycles. The SMILES string of the molecule is Cc1ncsc1CCOc1c(Br)cccc1C(=O)O. The molecule has 6 heteroatoms. The lowest BCUT2D eigenvalue weighted by molar-refractivity contribution is 0.0692. The number of para-hydroxylation sites is 1. The second kappa shape index (κ2) is 6.16. The highest BCUT2D eigenvalue weighted by atomic mass is 79.9. The van der Waals surface area contributed by atoms with Crippen molar-refractivity contribution in [1.82, 2.24) is 4.98 Å². The first-order valence-corrected chi connectivity index (χ1v) is 7.30. The van der Waals surface area contributed by atoms with E-state index in [2.05, 4.69) is 20.9 Å². The highest BCUT2D eigenvalue weighted by molar-refractivity contribution is 9.10. The first-order valence-electron chi connectivity index (χ1n) is 5.63. The molecule has 0 aliphatic heterocycles. The summed E-state index contributed by atoms with van der Waals surface area (Å²) in [7, 11) is 0. The Labute approximate surface area is 123 Å². The normalized spacial score (nSPS) is 10.4. The Balaban J connectivity index is 2.07. The second-order valence-corrected chi connectivity index (χ2v) is 5.67. The molecule has 1 aromatic heterocycles. The summed E-state index contributed by atoms with van der Waals surface area (Å²) in [4.78, 5) is 16.4. The number of halogens is 1. The van der Waals surface area contributed by atoms with Crippen LogP contribution < -0.4 is 4.74 Å². The van der Waals surface area contributed by atoms with E-state index >= 15 is 0 Å². The van der Waals surface area contributed by atoms with Gasteiger partial charge in [0.1, 0.15) is 11.3 Å². The summed E-state index contributed by atoms with van der Waals surface area (Å²) >= 11 is 4.89. The van der Waals surface area contributed by atoms with Gasteiger partial charge in [-0.25, -0.2) is 9.78 Å². The highest BCUT2D eigenvalue weighted by Gasteiger charge is 2.14. The van der Waals surface area contributed by atoms with Crippen molar-refractivity contribution >= 4 is 33.2 Å². The molecule has 100 valence electrons. The van der Waals surface area contributed by atoms with Crippen LogP contribution in [0.15, 0.2) is 28.2 Å². The Morgan fingerprint density at radius 2 is 2.32 bits per heavy atom. The number of aryl methyl sites for hydroxylation is 1. The quantitative estimate of drug-likeness (QED) is 0.903. The summed E-state index contributed by atoms with van der Waals surface area (Å²) in [6.45, 7) is 2.37. The van der Waals surface area contributed by atoms with Crippen LogP contribution >= 0.6 is 27.3 Å². The van der Waals surface area contributed by atoms with Crippen LogP contribution in [0, 0.1) is 6.92 Å². The van der Waals surface area contributed by atoms with Crippen molar-refractivity contribution in [1.29, 1.82) is 0 Å². The van der Waals surface area contributed by atoms with Gasteiger partial charge in [-0.3, -0.25) is 0 Å². The molecular formula is C13H12BrNO3S. The summed E-state index contributed by atoms with van der Waals surface area (Å²) in [6.07, 6.45) is 0.719. The Morgan fingerprint density at radius 1 is 1.53 bits per heavy atom. The van der Waals surface area contributed by atoms with Crippen molar-refractivity contribution < 1.29 is 14.6 Å². The molecule has 0 aliphatic rings. The van der Waals surface area contributed by atoms with Gasteiger partial charge in [0.15, 0.2) is 0 Å². The number of nitrogens with zero attached hydrogens (tertiary/aromatic N) is 1. The Bertz CT molecular complexity index is 597. The first kappa shape index (κ1) is 14.0. The molecule has 2 aromatic rings. The van der Waals surface area contributed by atoms with E-state index in [0.717, 1.165) is 17.0 Å².